The Morgan fingerprint density at radius 2 is 1.78 bits per heavy atom. The Hall–Kier alpha value is -1.51. The Morgan fingerprint density at radius 3 is 2.31 bits per heavy atom. The maximum atomic E-state index is 13.5. The molecule has 0 spiro atoms. The van der Waals surface area contributed by atoms with Crippen LogP contribution in [0.4, 0.5) is 0 Å². The summed E-state index contributed by atoms with van der Waals surface area (Å²) in [4.78, 5) is 53.7. The van der Waals surface area contributed by atoms with E-state index in [4.69, 9.17) is 11.5 Å². The van der Waals surface area contributed by atoms with Crippen LogP contribution >= 0.6 is 0 Å². The van der Waals surface area contributed by atoms with E-state index in [1.54, 1.807) is 0 Å². The molecule has 7 atom stereocenters. The van der Waals surface area contributed by atoms with Gasteiger partial charge in [-0.3, -0.25) is 0 Å². The van der Waals surface area contributed by atoms with Crippen molar-refractivity contribution in [1.82, 2.24) is 15.1 Å². The quantitative estimate of drug-likeness (QED) is 0.136. The Balaban J connectivity index is 2.20. The van der Waals surface area contributed by atoms with Gasteiger partial charge in [0, 0.05) is 0 Å². The zero-order valence-corrected chi connectivity index (χ0v) is 20.9. The van der Waals surface area contributed by atoms with Crippen LogP contribution in [0, 0.1) is 0 Å². The molecule has 184 valence electrons. The first-order valence-corrected chi connectivity index (χ1v) is 13.7. The summed E-state index contributed by atoms with van der Waals surface area (Å²) >= 11 is -0.207. The fourth-order valence-corrected chi connectivity index (χ4v) is 6.95. The minimum atomic E-state index is -1.26. The van der Waals surface area contributed by atoms with E-state index in [9.17, 15) is 29.4 Å². The van der Waals surface area contributed by atoms with E-state index in [-0.39, 0.29) is 31.0 Å². The fourth-order valence-electron chi connectivity index (χ4n) is 4.16. The molecular formula is C20H35IN5O6-. The van der Waals surface area contributed by atoms with Crippen LogP contribution in [0.1, 0.15) is 40.0 Å². The van der Waals surface area contributed by atoms with Gasteiger partial charge >= 0.3 is 199 Å². The molecule has 0 saturated carbocycles. The van der Waals surface area contributed by atoms with Gasteiger partial charge in [-0.25, -0.2) is 0 Å². The number of nitrogens with two attached hydrogens (primary N) is 2. The molecule has 32 heavy (non-hydrogen) atoms. The van der Waals surface area contributed by atoms with Gasteiger partial charge in [0.05, 0.1) is 0 Å². The van der Waals surface area contributed by atoms with Crippen LogP contribution in [0.25, 0.3) is 0 Å². The minimum absolute atomic E-state index is 0.207. The van der Waals surface area contributed by atoms with Gasteiger partial charge in [0.25, 0.3) is 0 Å². The molecule has 0 radical (unpaired) electrons. The first-order valence-electron chi connectivity index (χ1n) is 10.9. The van der Waals surface area contributed by atoms with Gasteiger partial charge in [-0.05, 0) is 0 Å². The van der Waals surface area contributed by atoms with E-state index in [0.717, 1.165) is 4.43 Å². The third-order valence-corrected chi connectivity index (χ3v) is 8.95. The molecule has 4 amide bonds. The molecule has 0 bridgehead atoms. The Labute approximate surface area is 198 Å². The van der Waals surface area contributed by atoms with Crippen molar-refractivity contribution in [2.45, 2.75) is 80.3 Å². The normalized spacial score (nSPS) is 27.1. The number of hydrogen-bond donors (Lipinski definition) is 5. The summed E-state index contributed by atoms with van der Waals surface area (Å²) in [5.41, 5.74) is 11.1. The number of carbonyl (C=O) groups excluding carboxylic acids is 4. The molecule has 2 aliphatic heterocycles. The number of amides is 4. The molecule has 11 nitrogen and oxygen atoms in total. The summed E-state index contributed by atoms with van der Waals surface area (Å²) < 4.78 is 1.25. The average Bonchev–Trinajstić information content (AvgIpc) is 3.37. The molecule has 12 heteroatoms. The third-order valence-electron chi connectivity index (χ3n) is 5.92. The van der Waals surface area contributed by atoms with E-state index in [1.807, 2.05) is 0 Å². The molecule has 1 unspecified atom stereocenters. The van der Waals surface area contributed by atoms with E-state index in [1.165, 1.54) is 23.6 Å². The van der Waals surface area contributed by atoms with Crippen molar-refractivity contribution in [1.29, 1.82) is 0 Å². The molecule has 2 fully saturated rings. The SMILES string of the molecule is CC[I-]C1C[C@@H](C(=O)N2CCC[C@H]2C(=O)N[C@H](C(N)=O)[C@@H](C)O)N(C(=O)[C@@H](N)[C@@H](C)O)C1. The van der Waals surface area contributed by atoms with Gasteiger partial charge in [-0.2, -0.15) is 0 Å². The number of likely N-dealkylation sites (tertiary alicyclic amines) is 2. The summed E-state index contributed by atoms with van der Waals surface area (Å²) in [6, 6.07) is -3.93. The van der Waals surface area contributed by atoms with Crippen molar-refractivity contribution in [3.05, 3.63) is 0 Å². The van der Waals surface area contributed by atoms with E-state index in [2.05, 4.69) is 12.2 Å². The Bertz CT molecular complexity index is 721. The first-order chi connectivity index (χ1) is 15.0. The Morgan fingerprint density at radius 1 is 1.12 bits per heavy atom. The second-order valence-corrected chi connectivity index (χ2v) is 12.5. The molecule has 2 saturated heterocycles. The summed E-state index contributed by atoms with van der Waals surface area (Å²) in [7, 11) is 0. The van der Waals surface area contributed by atoms with Crippen LogP contribution in [-0.2, 0) is 19.2 Å². The molecule has 7 N–H and O–H groups in total. The Kier molecular flexibility index (Phi) is 9.67. The van der Waals surface area contributed by atoms with Crippen LogP contribution in [0.15, 0.2) is 0 Å². The number of nitrogens with one attached hydrogen (secondary N) is 1. The number of rotatable bonds is 9. The van der Waals surface area contributed by atoms with Crippen molar-refractivity contribution >= 4 is 23.6 Å². The van der Waals surface area contributed by atoms with Crippen LogP contribution in [0.5, 0.6) is 0 Å². The number of halogens is 1. The third kappa shape index (κ3) is 6.08. The molecular weight excluding hydrogens is 533 g/mol. The zero-order valence-electron chi connectivity index (χ0n) is 18.7. The first kappa shape index (κ1) is 26.7. The average molecular weight is 568 g/mol. The standard InChI is InChI=1S/C20H35IN5O6/c1-4-21-12-8-14(26(9-12)20(32)15(22)10(2)27)19(31)25-7-5-6-13(25)18(30)24-16(11(3)28)17(23)29/h10-16,27-28H,4-9,22H2,1-3H3,(H2,23,29)(H,24,30)/q-1/t10-,11-,12?,13+,14+,15+,16+/m1/s1. The molecule has 2 aliphatic rings. The van der Waals surface area contributed by atoms with Gasteiger partial charge < -0.3 is 0 Å². The van der Waals surface area contributed by atoms with Crippen LogP contribution in [-0.4, -0.2) is 101 Å². The maximum absolute atomic E-state index is 13.5. The number of primary amides is 1. The monoisotopic (exact) mass is 568 g/mol. The predicted octanol–water partition coefficient (Wildman–Crippen LogP) is -5.89. The summed E-state index contributed by atoms with van der Waals surface area (Å²) in [5.74, 6) is -2.22. The van der Waals surface area contributed by atoms with Crippen molar-refractivity contribution in [3.63, 3.8) is 0 Å². The molecule has 2 heterocycles. The number of aliphatic hydroxyl groups excluding tert-OH is 2. The summed E-state index contributed by atoms with van der Waals surface area (Å²) in [6.07, 6.45) is -0.706. The predicted molar refractivity (Wildman–Crippen MR) is 112 cm³/mol. The van der Waals surface area contributed by atoms with Crippen LogP contribution < -0.4 is 38.0 Å². The van der Waals surface area contributed by atoms with E-state index >= 15 is 0 Å². The van der Waals surface area contributed by atoms with Crippen LogP contribution in [0.2, 0.25) is 0 Å². The van der Waals surface area contributed by atoms with Gasteiger partial charge in [0.1, 0.15) is 0 Å². The topological polar surface area (TPSA) is 179 Å². The molecule has 0 aromatic carbocycles. The van der Waals surface area contributed by atoms with Crippen molar-refractivity contribution in [3.8, 4) is 0 Å². The van der Waals surface area contributed by atoms with E-state index in [0.29, 0.717) is 32.4 Å². The molecule has 2 rings (SSSR count). The summed E-state index contributed by atoms with van der Waals surface area (Å²) in [5, 5.41) is 21.9. The van der Waals surface area contributed by atoms with Crippen molar-refractivity contribution in [2.24, 2.45) is 11.5 Å². The van der Waals surface area contributed by atoms with Crippen molar-refractivity contribution < 1.29 is 50.6 Å². The fraction of sp³-hybridized carbons (Fsp3) is 0.800. The number of carbonyl (C=O) groups is 4. The number of alkyl halides is 2. The molecule has 0 aliphatic carbocycles. The van der Waals surface area contributed by atoms with Gasteiger partial charge in [0.15, 0.2) is 0 Å². The van der Waals surface area contributed by atoms with Gasteiger partial charge in [0.2, 0.25) is 0 Å². The van der Waals surface area contributed by atoms with Gasteiger partial charge in [-0.15, -0.1) is 0 Å². The second kappa shape index (κ2) is 11.6. The van der Waals surface area contributed by atoms with E-state index < -0.39 is 54.1 Å². The molecule has 0 aromatic heterocycles. The van der Waals surface area contributed by atoms with Crippen molar-refractivity contribution in [2.75, 3.05) is 17.5 Å². The number of hydrogen-bond acceptors (Lipinski definition) is 7. The molecule has 0 aromatic rings. The zero-order chi connectivity index (χ0) is 24.2. The number of nitrogens with zero attached hydrogens (tertiary/aromatic N) is 2. The van der Waals surface area contributed by atoms with Gasteiger partial charge in [-0.1, -0.05) is 0 Å². The summed E-state index contributed by atoms with van der Waals surface area (Å²) in [6.45, 7) is 5.63. The number of aliphatic hydroxyl groups is 2. The van der Waals surface area contributed by atoms with Crippen LogP contribution in [0.3, 0.4) is 0 Å². The second-order valence-electron chi connectivity index (χ2n) is 8.35.